The van der Waals surface area contributed by atoms with Crippen LogP contribution in [0.2, 0.25) is 0 Å². The second-order valence-electron chi connectivity index (χ2n) is 2.26. The maximum atomic E-state index is 10.8. The lowest BCUT2D eigenvalue weighted by Gasteiger charge is -1.98. The summed E-state index contributed by atoms with van der Waals surface area (Å²) in [4.78, 5) is 21.4. The molecule has 1 aromatic rings. The fraction of sp³-hybridized carbons (Fsp3) is 0.167. The van der Waals surface area contributed by atoms with Crippen LogP contribution >= 0.6 is 11.5 Å². The third-order valence-electron chi connectivity index (χ3n) is 1.21. The van der Waals surface area contributed by atoms with Crippen LogP contribution in [0.4, 0.5) is 5.00 Å². The molecule has 1 rings (SSSR count). The van der Waals surface area contributed by atoms with Crippen molar-refractivity contribution in [2.75, 3.05) is 5.32 Å². The Morgan fingerprint density at radius 2 is 2.23 bits per heavy atom. The summed E-state index contributed by atoms with van der Waals surface area (Å²) < 4.78 is 3.47. The summed E-state index contributed by atoms with van der Waals surface area (Å²) in [6.45, 7) is 1.28. The van der Waals surface area contributed by atoms with Crippen LogP contribution in [-0.4, -0.2) is 21.3 Å². The molecule has 0 spiro atoms. The Labute approximate surface area is 77.5 Å². The molecule has 4 N–H and O–H groups in total. The second-order valence-corrected chi connectivity index (χ2v) is 3.03. The number of anilines is 1. The van der Waals surface area contributed by atoms with Gasteiger partial charge in [-0.25, -0.2) is 0 Å². The molecule has 0 unspecified atom stereocenters. The van der Waals surface area contributed by atoms with E-state index in [4.69, 9.17) is 10.8 Å². The van der Waals surface area contributed by atoms with Crippen LogP contribution in [0.25, 0.3) is 0 Å². The highest BCUT2D eigenvalue weighted by Gasteiger charge is 2.18. The van der Waals surface area contributed by atoms with E-state index in [1.54, 1.807) is 0 Å². The predicted molar refractivity (Wildman–Crippen MR) is 46.6 cm³/mol. The van der Waals surface area contributed by atoms with E-state index in [0.717, 1.165) is 11.5 Å². The Hall–Kier alpha value is -1.63. The largest absolute Gasteiger partial charge is 0.492 e. The fourth-order valence-corrected chi connectivity index (χ4v) is 1.49. The molecule has 7 heteroatoms. The van der Waals surface area contributed by atoms with E-state index in [-0.39, 0.29) is 16.5 Å². The van der Waals surface area contributed by atoms with Crippen LogP contribution < -0.4 is 11.1 Å². The molecule has 0 bridgehead atoms. The van der Waals surface area contributed by atoms with Crippen molar-refractivity contribution in [3.8, 4) is 5.88 Å². The number of primary amides is 1. The van der Waals surface area contributed by atoms with Gasteiger partial charge in [-0.3, -0.25) is 9.59 Å². The average Bonchev–Trinajstić information content (AvgIpc) is 2.30. The van der Waals surface area contributed by atoms with E-state index in [0.29, 0.717) is 0 Å². The van der Waals surface area contributed by atoms with E-state index in [9.17, 15) is 9.59 Å². The highest BCUT2D eigenvalue weighted by atomic mass is 32.1. The van der Waals surface area contributed by atoms with Gasteiger partial charge in [-0.05, 0) is 11.5 Å². The first kappa shape index (κ1) is 9.46. The van der Waals surface area contributed by atoms with Crippen molar-refractivity contribution in [3.63, 3.8) is 0 Å². The minimum absolute atomic E-state index is 0.153. The molecule has 0 fully saturated rings. The first-order chi connectivity index (χ1) is 6.02. The van der Waals surface area contributed by atoms with Gasteiger partial charge in [0, 0.05) is 6.92 Å². The molecule has 0 radical (unpaired) electrons. The van der Waals surface area contributed by atoms with Gasteiger partial charge in [0.2, 0.25) is 11.8 Å². The van der Waals surface area contributed by atoms with Crippen molar-refractivity contribution in [3.05, 3.63) is 5.56 Å². The SMILES string of the molecule is CC(=O)Nc1snc(O)c1C(N)=O. The summed E-state index contributed by atoms with van der Waals surface area (Å²) in [5.41, 5.74) is 4.80. The Morgan fingerprint density at radius 1 is 1.62 bits per heavy atom. The summed E-state index contributed by atoms with van der Waals surface area (Å²) in [6.07, 6.45) is 0. The zero-order valence-corrected chi connectivity index (χ0v) is 7.51. The third kappa shape index (κ3) is 1.94. The van der Waals surface area contributed by atoms with Gasteiger partial charge < -0.3 is 16.2 Å². The molecule has 0 aliphatic carbocycles. The Bertz CT molecular complexity index is 360. The number of nitrogens with two attached hydrogens (primary N) is 1. The first-order valence-electron chi connectivity index (χ1n) is 3.28. The number of nitrogens with one attached hydrogen (secondary N) is 1. The Kier molecular flexibility index (Phi) is 2.47. The van der Waals surface area contributed by atoms with Crippen LogP contribution in [0.3, 0.4) is 0 Å². The number of carbonyl (C=O) groups excluding carboxylic acids is 2. The van der Waals surface area contributed by atoms with Crippen molar-refractivity contribution < 1.29 is 14.7 Å². The summed E-state index contributed by atoms with van der Waals surface area (Å²) in [5.74, 6) is -1.64. The molecule has 1 aromatic heterocycles. The molecule has 70 valence electrons. The van der Waals surface area contributed by atoms with Gasteiger partial charge >= 0.3 is 0 Å². The molecule has 0 aliphatic rings. The summed E-state index contributed by atoms with van der Waals surface area (Å²) in [7, 11) is 0. The van der Waals surface area contributed by atoms with Crippen LogP contribution in [-0.2, 0) is 4.79 Å². The Balaban J connectivity index is 3.07. The maximum absolute atomic E-state index is 10.8. The molecule has 0 saturated carbocycles. The van der Waals surface area contributed by atoms with Crippen molar-refractivity contribution >= 4 is 28.3 Å². The minimum atomic E-state index is -0.824. The second kappa shape index (κ2) is 3.40. The van der Waals surface area contributed by atoms with Gasteiger partial charge in [-0.2, -0.15) is 4.37 Å². The normalized spacial score (nSPS) is 9.62. The van der Waals surface area contributed by atoms with Crippen molar-refractivity contribution in [2.24, 2.45) is 5.73 Å². The standard InChI is InChI=1S/C6H7N3O3S/c1-2(10)8-6-3(4(7)11)5(12)9-13-6/h1H3,(H2,7,11)(H,8,10)(H,9,12). The van der Waals surface area contributed by atoms with Crippen molar-refractivity contribution in [1.29, 1.82) is 0 Å². The number of carbonyl (C=O) groups is 2. The summed E-state index contributed by atoms with van der Waals surface area (Å²) in [6, 6.07) is 0. The van der Waals surface area contributed by atoms with Gasteiger partial charge in [0.05, 0.1) is 0 Å². The lowest BCUT2D eigenvalue weighted by molar-refractivity contribution is -0.114. The Morgan fingerprint density at radius 3 is 2.69 bits per heavy atom. The van der Waals surface area contributed by atoms with Crippen LogP contribution in [0.5, 0.6) is 5.88 Å². The summed E-state index contributed by atoms with van der Waals surface area (Å²) in [5, 5.41) is 11.6. The smallest absolute Gasteiger partial charge is 0.257 e. The van der Waals surface area contributed by atoms with E-state index >= 15 is 0 Å². The van der Waals surface area contributed by atoms with E-state index in [1.165, 1.54) is 6.92 Å². The molecule has 0 aromatic carbocycles. The first-order valence-corrected chi connectivity index (χ1v) is 4.05. The minimum Gasteiger partial charge on any atom is -0.492 e. The molecule has 0 aliphatic heterocycles. The third-order valence-corrected chi connectivity index (χ3v) is 1.96. The molecular weight excluding hydrogens is 194 g/mol. The van der Waals surface area contributed by atoms with Gasteiger partial charge in [0.25, 0.3) is 5.91 Å². The van der Waals surface area contributed by atoms with Crippen molar-refractivity contribution in [1.82, 2.24) is 4.37 Å². The zero-order valence-electron chi connectivity index (χ0n) is 6.70. The van der Waals surface area contributed by atoms with E-state index in [1.807, 2.05) is 0 Å². The van der Waals surface area contributed by atoms with E-state index < -0.39 is 11.8 Å². The number of aromatic hydroxyl groups is 1. The lowest BCUT2D eigenvalue weighted by Crippen LogP contribution is -2.14. The monoisotopic (exact) mass is 201 g/mol. The molecule has 6 nitrogen and oxygen atoms in total. The number of hydrogen-bond acceptors (Lipinski definition) is 5. The predicted octanol–water partition coefficient (Wildman–Crippen LogP) is -0.0940. The quantitative estimate of drug-likeness (QED) is 0.621. The summed E-state index contributed by atoms with van der Waals surface area (Å²) >= 11 is 0.800. The number of amides is 2. The number of nitrogens with zero attached hydrogens (tertiary/aromatic N) is 1. The zero-order chi connectivity index (χ0) is 10.0. The molecule has 13 heavy (non-hydrogen) atoms. The molecule has 1 heterocycles. The molecule has 0 atom stereocenters. The molecule has 2 amide bonds. The lowest BCUT2D eigenvalue weighted by atomic mass is 10.3. The highest BCUT2D eigenvalue weighted by Crippen LogP contribution is 2.28. The van der Waals surface area contributed by atoms with E-state index in [2.05, 4.69) is 9.69 Å². The van der Waals surface area contributed by atoms with Crippen LogP contribution in [0.1, 0.15) is 17.3 Å². The van der Waals surface area contributed by atoms with Gasteiger partial charge in [-0.1, -0.05) is 0 Å². The van der Waals surface area contributed by atoms with Gasteiger partial charge in [-0.15, -0.1) is 0 Å². The van der Waals surface area contributed by atoms with Crippen molar-refractivity contribution in [2.45, 2.75) is 6.92 Å². The number of hydrogen-bond donors (Lipinski definition) is 3. The number of aromatic nitrogens is 1. The average molecular weight is 201 g/mol. The topological polar surface area (TPSA) is 105 Å². The maximum Gasteiger partial charge on any atom is 0.257 e. The molecular formula is C6H7N3O3S. The number of rotatable bonds is 2. The highest BCUT2D eigenvalue weighted by molar-refractivity contribution is 7.11. The molecule has 0 saturated heterocycles. The van der Waals surface area contributed by atoms with Gasteiger partial charge in [0.1, 0.15) is 10.6 Å². The van der Waals surface area contributed by atoms with Gasteiger partial charge in [0.15, 0.2) is 0 Å². The fourth-order valence-electron chi connectivity index (χ4n) is 0.749. The van der Waals surface area contributed by atoms with Crippen LogP contribution in [0.15, 0.2) is 0 Å². The van der Waals surface area contributed by atoms with Crippen LogP contribution in [0, 0.1) is 0 Å².